The van der Waals surface area contributed by atoms with Gasteiger partial charge in [-0.25, -0.2) is 4.79 Å². The van der Waals surface area contributed by atoms with Gasteiger partial charge in [0.15, 0.2) is 5.82 Å². The fraction of sp³-hybridized carbons (Fsp3) is 0.389. The third-order valence-corrected chi connectivity index (χ3v) is 4.40. The summed E-state index contributed by atoms with van der Waals surface area (Å²) in [5.74, 6) is 0.922. The molecule has 24 heavy (non-hydrogen) atoms. The molecule has 1 saturated heterocycles. The summed E-state index contributed by atoms with van der Waals surface area (Å²) in [6, 6.07) is 11.6. The standard InChI is InChI=1S/C18H23N5O/c1-13-12-17(22-21-14(13)2)23-10-8-16(9-11-23)20-18(24)19-15-6-4-3-5-7-15/h3-7,12,16H,8-11H2,1-2H3,(H2,19,20,24). The molecule has 1 aliphatic rings. The molecule has 2 N–H and O–H groups in total. The zero-order valence-electron chi connectivity index (χ0n) is 14.1. The summed E-state index contributed by atoms with van der Waals surface area (Å²) < 4.78 is 0. The first-order valence-corrected chi connectivity index (χ1v) is 8.30. The fourth-order valence-corrected chi connectivity index (χ4v) is 2.81. The van der Waals surface area contributed by atoms with E-state index in [1.165, 1.54) is 0 Å². The van der Waals surface area contributed by atoms with Crippen LogP contribution in [0.4, 0.5) is 16.3 Å². The van der Waals surface area contributed by atoms with Crippen LogP contribution in [-0.4, -0.2) is 35.4 Å². The predicted molar refractivity (Wildman–Crippen MR) is 95.3 cm³/mol. The summed E-state index contributed by atoms with van der Waals surface area (Å²) in [4.78, 5) is 14.3. The highest BCUT2D eigenvalue weighted by Gasteiger charge is 2.22. The zero-order chi connectivity index (χ0) is 16.9. The first-order valence-electron chi connectivity index (χ1n) is 8.30. The lowest BCUT2D eigenvalue weighted by Gasteiger charge is -2.33. The molecule has 0 atom stereocenters. The summed E-state index contributed by atoms with van der Waals surface area (Å²) in [7, 11) is 0. The highest BCUT2D eigenvalue weighted by Crippen LogP contribution is 2.19. The number of aryl methyl sites for hydroxylation is 2. The molecule has 6 heteroatoms. The molecule has 3 rings (SSSR count). The number of rotatable bonds is 3. The lowest BCUT2D eigenvalue weighted by molar-refractivity contribution is 0.246. The van der Waals surface area contributed by atoms with Gasteiger partial charge in [0.05, 0.1) is 5.69 Å². The molecule has 2 heterocycles. The maximum atomic E-state index is 12.1. The minimum Gasteiger partial charge on any atom is -0.355 e. The van der Waals surface area contributed by atoms with Crippen molar-refractivity contribution in [2.24, 2.45) is 0 Å². The van der Waals surface area contributed by atoms with Crippen molar-refractivity contribution in [2.75, 3.05) is 23.3 Å². The van der Waals surface area contributed by atoms with Crippen molar-refractivity contribution in [3.63, 3.8) is 0 Å². The molecule has 0 saturated carbocycles. The second-order valence-corrected chi connectivity index (χ2v) is 6.20. The van der Waals surface area contributed by atoms with E-state index in [-0.39, 0.29) is 12.1 Å². The van der Waals surface area contributed by atoms with Crippen LogP contribution in [-0.2, 0) is 0 Å². The Morgan fingerprint density at radius 2 is 1.83 bits per heavy atom. The van der Waals surface area contributed by atoms with Gasteiger partial charge in [-0.3, -0.25) is 0 Å². The molecule has 2 amide bonds. The minimum absolute atomic E-state index is 0.148. The quantitative estimate of drug-likeness (QED) is 0.910. The number of benzene rings is 1. The lowest BCUT2D eigenvalue weighted by atomic mass is 10.1. The summed E-state index contributed by atoms with van der Waals surface area (Å²) in [6.45, 7) is 5.75. The van der Waals surface area contributed by atoms with Crippen LogP contribution in [0.1, 0.15) is 24.1 Å². The monoisotopic (exact) mass is 325 g/mol. The van der Waals surface area contributed by atoms with E-state index in [9.17, 15) is 4.79 Å². The molecule has 2 aromatic rings. The van der Waals surface area contributed by atoms with Gasteiger partial charge in [0, 0.05) is 24.8 Å². The average Bonchev–Trinajstić information content (AvgIpc) is 2.59. The molecule has 126 valence electrons. The Bertz CT molecular complexity index is 696. The number of amides is 2. The normalized spacial score (nSPS) is 15.2. The smallest absolute Gasteiger partial charge is 0.319 e. The van der Waals surface area contributed by atoms with Crippen molar-refractivity contribution in [3.05, 3.63) is 47.7 Å². The van der Waals surface area contributed by atoms with Gasteiger partial charge in [0.25, 0.3) is 0 Å². The van der Waals surface area contributed by atoms with Gasteiger partial charge in [0.2, 0.25) is 0 Å². The zero-order valence-corrected chi connectivity index (χ0v) is 14.1. The molecular weight excluding hydrogens is 302 g/mol. The highest BCUT2D eigenvalue weighted by atomic mass is 16.2. The van der Waals surface area contributed by atoms with Crippen molar-refractivity contribution in [3.8, 4) is 0 Å². The summed E-state index contributed by atoms with van der Waals surface area (Å²) in [5, 5.41) is 14.4. The number of hydrogen-bond acceptors (Lipinski definition) is 4. The second-order valence-electron chi connectivity index (χ2n) is 6.20. The Morgan fingerprint density at radius 1 is 1.12 bits per heavy atom. The van der Waals surface area contributed by atoms with Crippen molar-refractivity contribution >= 4 is 17.5 Å². The molecule has 1 aromatic heterocycles. The second kappa shape index (κ2) is 7.29. The highest BCUT2D eigenvalue weighted by molar-refractivity contribution is 5.89. The number of carbonyl (C=O) groups is 1. The third-order valence-electron chi connectivity index (χ3n) is 4.40. The number of nitrogens with one attached hydrogen (secondary N) is 2. The molecule has 6 nitrogen and oxygen atoms in total. The first-order chi connectivity index (χ1) is 11.6. The molecule has 0 spiro atoms. The van der Waals surface area contributed by atoms with Crippen molar-refractivity contribution in [1.29, 1.82) is 0 Å². The number of urea groups is 1. The SMILES string of the molecule is Cc1cc(N2CCC(NC(=O)Nc3ccccc3)CC2)nnc1C. The summed E-state index contributed by atoms with van der Waals surface area (Å²) in [5.41, 5.74) is 2.92. The molecule has 0 aliphatic carbocycles. The van der Waals surface area contributed by atoms with E-state index in [4.69, 9.17) is 0 Å². The van der Waals surface area contributed by atoms with Crippen molar-refractivity contribution in [2.45, 2.75) is 32.7 Å². The number of nitrogens with zero attached hydrogens (tertiary/aromatic N) is 3. The maximum absolute atomic E-state index is 12.1. The van der Waals surface area contributed by atoms with E-state index in [1.807, 2.05) is 37.3 Å². The van der Waals surface area contributed by atoms with Crippen LogP contribution in [0.3, 0.4) is 0 Å². The summed E-state index contributed by atoms with van der Waals surface area (Å²) >= 11 is 0. The number of piperidine rings is 1. The van der Waals surface area contributed by atoms with Gasteiger partial charge in [-0.15, -0.1) is 5.10 Å². The van der Waals surface area contributed by atoms with Gasteiger partial charge in [-0.05, 0) is 50.5 Å². The van der Waals surface area contributed by atoms with Crippen LogP contribution in [0.25, 0.3) is 0 Å². The number of carbonyl (C=O) groups excluding carboxylic acids is 1. The first kappa shape index (κ1) is 16.2. The van der Waals surface area contributed by atoms with E-state index in [2.05, 4.69) is 38.7 Å². The Balaban J connectivity index is 1.50. The van der Waals surface area contributed by atoms with Crippen LogP contribution in [0.2, 0.25) is 0 Å². The van der Waals surface area contributed by atoms with E-state index >= 15 is 0 Å². The number of aromatic nitrogens is 2. The maximum Gasteiger partial charge on any atom is 0.319 e. The van der Waals surface area contributed by atoms with Crippen LogP contribution < -0.4 is 15.5 Å². The Hall–Kier alpha value is -2.63. The third kappa shape index (κ3) is 4.01. The minimum atomic E-state index is -0.148. The number of anilines is 2. The van der Waals surface area contributed by atoms with Crippen molar-refractivity contribution in [1.82, 2.24) is 15.5 Å². The molecule has 0 bridgehead atoms. The Kier molecular flexibility index (Phi) is 4.93. The Morgan fingerprint density at radius 3 is 2.50 bits per heavy atom. The largest absolute Gasteiger partial charge is 0.355 e. The van der Waals surface area contributed by atoms with Crippen molar-refractivity contribution < 1.29 is 4.79 Å². The Labute approximate surface area is 142 Å². The molecule has 0 unspecified atom stereocenters. The molecule has 1 aromatic carbocycles. The molecular formula is C18H23N5O. The molecule has 1 fully saturated rings. The van der Waals surface area contributed by atoms with E-state index in [1.54, 1.807) is 0 Å². The van der Waals surface area contributed by atoms with Crippen LogP contribution in [0, 0.1) is 13.8 Å². The van der Waals surface area contributed by atoms with Crippen LogP contribution >= 0.6 is 0 Å². The predicted octanol–water partition coefficient (Wildman–Crippen LogP) is 2.88. The topological polar surface area (TPSA) is 70.2 Å². The number of hydrogen-bond donors (Lipinski definition) is 2. The lowest BCUT2D eigenvalue weighted by Crippen LogP contribution is -2.46. The molecule has 0 radical (unpaired) electrons. The van der Waals surface area contributed by atoms with Gasteiger partial charge in [-0.1, -0.05) is 18.2 Å². The van der Waals surface area contributed by atoms with E-state index in [0.717, 1.165) is 48.7 Å². The van der Waals surface area contributed by atoms with E-state index in [0.29, 0.717) is 0 Å². The average molecular weight is 325 g/mol. The number of para-hydroxylation sites is 1. The molecule has 1 aliphatic heterocycles. The van der Waals surface area contributed by atoms with Gasteiger partial charge in [0.1, 0.15) is 0 Å². The van der Waals surface area contributed by atoms with Crippen LogP contribution in [0.5, 0.6) is 0 Å². The van der Waals surface area contributed by atoms with Gasteiger partial charge >= 0.3 is 6.03 Å². The van der Waals surface area contributed by atoms with Crippen LogP contribution in [0.15, 0.2) is 36.4 Å². The van der Waals surface area contributed by atoms with Gasteiger partial charge < -0.3 is 15.5 Å². The fourth-order valence-electron chi connectivity index (χ4n) is 2.81. The van der Waals surface area contributed by atoms with Gasteiger partial charge in [-0.2, -0.15) is 5.10 Å². The van der Waals surface area contributed by atoms with E-state index < -0.39 is 0 Å². The summed E-state index contributed by atoms with van der Waals surface area (Å²) in [6.07, 6.45) is 1.80.